The van der Waals surface area contributed by atoms with Gasteiger partial charge in [-0.25, -0.2) is 4.98 Å². The molecule has 1 unspecified atom stereocenters. The van der Waals surface area contributed by atoms with E-state index in [1.54, 1.807) is 14.2 Å². The lowest BCUT2D eigenvalue weighted by molar-refractivity contribution is 0.0258. The molecule has 0 aliphatic rings. The number of ether oxygens (including phenoxy) is 2. The van der Waals surface area contributed by atoms with Crippen LogP contribution in [0.1, 0.15) is 33.0 Å². The number of nitrogens with zero attached hydrogens (tertiary/aromatic N) is 3. The molecule has 0 bridgehead atoms. The second-order valence-corrected chi connectivity index (χ2v) is 6.71. The van der Waals surface area contributed by atoms with Gasteiger partial charge in [-0.3, -0.25) is 10.1 Å². The Balaban J connectivity index is 0.00000420. The number of rotatable bonds is 10. The molecule has 3 N–H and O–H groups in total. The fraction of sp³-hybridized carbons (Fsp3) is 0.550. The highest BCUT2D eigenvalue weighted by Gasteiger charge is 2.13. The zero-order chi connectivity index (χ0) is 20.4. The Morgan fingerprint density at radius 2 is 1.93 bits per heavy atom. The molecule has 0 saturated heterocycles. The van der Waals surface area contributed by atoms with Crippen LogP contribution in [0.5, 0.6) is 5.75 Å². The van der Waals surface area contributed by atoms with Gasteiger partial charge in [0.2, 0.25) is 0 Å². The molecule has 8 nitrogen and oxygen atoms in total. The molecule has 1 aromatic heterocycles. The Morgan fingerprint density at radius 3 is 2.52 bits per heavy atom. The summed E-state index contributed by atoms with van der Waals surface area (Å²) in [7, 11) is 3.40. The molecule has 29 heavy (non-hydrogen) atoms. The van der Waals surface area contributed by atoms with Gasteiger partial charge in [0.05, 0.1) is 19.8 Å². The van der Waals surface area contributed by atoms with E-state index in [-0.39, 0.29) is 30.1 Å². The molecule has 2 rings (SSSR count). The Kier molecular flexibility index (Phi) is 11.6. The summed E-state index contributed by atoms with van der Waals surface area (Å²) in [6, 6.07) is 7.65. The van der Waals surface area contributed by atoms with Gasteiger partial charge >= 0.3 is 0 Å². The first-order valence-electron chi connectivity index (χ1n) is 9.69. The summed E-state index contributed by atoms with van der Waals surface area (Å²) in [5.41, 5.74) is 0.932. The molecule has 0 aliphatic carbocycles. The lowest BCUT2D eigenvalue weighted by Gasteiger charge is -2.21. The second-order valence-electron chi connectivity index (χ2n) is 6.71. The Bertz CT molecular complexity index is 733. The number of halogens is 1. The number of hydrogen-bond donors (Lipinski definition) is 3. The number of aromatic amines is 1. The maximum absolute atomic E-state index is 5.78. The van der Waals surface area contributed by atoms with E-state index in [1.807, 2.05) is 31.2 Å². The first-order valence-corrected chi connectivity index (χ1v) is 9.69. The fourth-order valence-electron chi connectivity index (χ4n) is 2.79. The predicted molar refractivity (Wildman–Crippen MR) is 127 cm³/mol. The quantitative estimate of drug-likeness (QED) is 0.255. The van der Waals surface area contributed by atoms with Crippen LogP contribution in [0.15, 0.2) is 29.3 Å². The number of aromatic nitrogens is 3. The number of methoxy groups -OCH3 is 1. The third-order valence-electron chi connectivity index (χ3n) is 4.37. The van der Waals surface area contributed by atoms with E-state index >= 15 is 0 Å². The summed E-state index contributed by atoms with van der Waals surface area (Å²) in [5, 5.41) is 13.8. The van der Waals surface area contributed by atoms with Gasteiger partial charge in [-0.05, 0) is 43.5 Å². The maximum atomic E-state index is 5.78. The standard InChI is InChI=1S/C20H32N6O2.HI/c1-6-28-17(14(2)3)11-12-22-20(21-4)23-13-18-24-19(26-25-18)15-7-9-16(27-5)10-8-15;/h7-10,14,17H,6,11-13H2,1-5H3,(H2,21,22,23)(H,24,25,26);1H. The third kappa shape index (κ3) is 8.17. The zero-order valence-electron chi connectivity index (χ0n) is 17.9. The molecule has 1 aromatic carbocycles. The molecule has 1 heterocycles. The van der Waals surface area contributed by atoms with Crippen molar-refractivity contribution < 1.29 is 9.47 Å². The fourth-order valence-corrected chi connectivity index (χ4v) is 2.79. The lowest BCUT2D eigenvalue weighted by atomic mass is 10.0. The van der Waals surface area contributed by atoms with Crippen molar-refractivity contribution in [1.29, 1.82) is 0 Å². The van der Waals surface area contributed by atoms with Gasteiger partial charge in [0.1, 0.15) is 11.6 Å². The van der Waals surface area contributed by atoms with Gasteiger partial charge in [-0.1, -0.05) is 13.8 Å². The topological polar surface area (TPSA) is 96.4 Å². The van der Waals surface area contributed by atoms with Crippen molar-refractivity contribution in [2.24, 2.45) is 10.9 Å². The van der Waals surface area contributed by atoms with Gasteiger partial charge in [0.15, 0.2) is 11.8 Å². The highest BCUT2D eigenvalue weighted by molar-refractivity contribution is 14.0. The van der Waals surface area contributed by atoms with E-state index in [1.165, 1.54) is 0 Å². The van der Waals surface area contributed by atoms with Crippen LogP contribution in [-0.4, -0.2) is 54.6 Å². The van der Waals surface area contributed by atoms with E-state index in [0.29, 0.717) is 18.3 Å². The van der Waals surface area contributed by atoms with Crippen LogP contribution in [0.25, 0.3) is 11.4 Å². The van der Waals surface area contributed by atoms with Crippen LogP contribution >= 0.6 is 24.0 Å². The van der Waals surface area contributed by atoms with E-state index in [0.717, 1.165) is 42.7 Å². The monoisotopic (exact) mass is 516 g/mol. The normalized spacial score (nSPS) is 12.4. The molecule has 9 heteroatoms. The van der Waals surface area contributed by atoms with Gasteiger partial charge in [0.25, 0.3) is 0 Å². The van der Waals surface area contributed by atoms with E-state index in [2.05, 4.69) is 44.7 Å². The molecule has 0 saturated carbocycles. The van der Waals surface area contributed by atoms with Gasteiger partial charge in [-0.2, -0.15) is 5.10 Å². The molecule has 0 aliphatic heterocycles. The van der Waals surface area contributed by atoms with Crippen LogP contribution in [0.2, 0.25) is 0 Å². The average molecular weight is 516 g/mol. The summed E-state index contributed by atoms with van der Waals surface area (Å²) in [4.78, 5) is 8.78. The first kappa shape index (κ1) is 25.2. The SMILES string of the molecule is CCOC(CCNC(=NC)NCc1nc(-c2ccc(OC)cc2)n[nH]1)C(C)C.I. The number of benzene rings is 1. The number of aliphatic imine (C=N–C) groups is 1. The minimum atomic E-state index is 0. The first-order chi connectivity index (χ1) is 13.6. The Hall–Kier alpha value is -1.88. The minimum absolute atomic E-state index is 0. The summed E-state index contributed by atoms with van der Waals surface area (Å²) < 4.78 is 11.0. The predicted octanol–water partition coefficient (Wildman–Crippen LogP) is 3.21. The Morgan fingerprint density at radius 1 is 1.21 bits per heavy atom. The number of H-pyrrole nitrogens is 1. The van der Waals surface area contributed by atoms with E-state index in [4.69, 9.17) is 9.47 Å². The van der Waals surface area contributed by atoms with Crippen molar-refractivity contribution in [3.05, 3.63) is 30.1 Å². The summed E-state index contributed by atoms with van der Waals surface area (Å²) in [5.74, 6) is 3.41. The third-order valence-corrected chi connectivity index (χ3v) is 4.37. The highest BCUT2D eigenvalue weighted by atomic mass is 127. The van der Waals surface area contributed by atoms with Gasteiger partial charge in [-0.15, -0.1) is 24.0 Å². The van der Waals surface area contributed by atoms with Gasteiger partial charge in [0, 0.05) is 25.8 Å². The summed E-state index contributed by atoms with van der Waals surface area (Å²) in [6.45, 7) is 8.41. The number of nitrogens with one attached hydrogen (secondary N) is 3. The largest absolute Gasteiger partial charge is 0.497 e. The van der Waals surface area contributed by atoms with Crippen molar-refractivity contribution >= 4 is 29.9 Å². The van der Waals surface area contributed by atoms with Gasteiger partial charge < -0.3 is 20.1 Å². The zero-order valence-corrected chi connectivity index (χ0v) is 20.2. The summed E-state index contributed by atoms with van der Waals surface area (Å²) in [6.07, 6.45) is 1.17. The van der Waals surface area contributed by atoms with E-state index < -0.39 is 0 Å². The minimum Gasteiger partial charge on any atom is -0.497 e. The van der Waals surface area contributed by atoms with Crippen LogP contribution in [-0.2, 0) is 11.3 Å². The van der Waals surface area contributed by atoms with Crippen LogP contribution in [0.3, 0.4) is 0 Å². The van der Waals surface area contributed by atoms with Crippen molar-refractivity contribution in [3.8, 4) is 17.1 Å². The number of hydrogen-bond acceptors (Lipinski definition) is 5. The smallest absolute Gasteiger partial charge is 0.191 e. The molecule has 0 spiro atoms. The van der Waals surface area contributed by atoms with Crippen LogP contribution in [0.4, 0.5) is 0 Å². The molecule has 1 atom stereocenters. The Labute approximate surface area is 190 Å². The second kappa shape index (κ2) is 13.4. The molecule has 162 valence electrons. The highest BCUT2D eigenvalue weighted by Crippen LogP contribution is 2.18. The molecular weight excluding hydrogens is 483 g/mol. The van der Waals surface area contributed by atoms with Crippen molar-refractivity contribution in [2.45, 2.75) is 39.8 Å². The van der Waals surface area contributed by atoms with Crippen LogP contribution < -0.4 is 15.4 Å². The van der Waals surface area contributed by atoms with Crippen molar-refractivity contribution in [1.82, 2.24) is 25.8 Å². The van der Waals surface area contributed by atoms with Crippen molar-refractivity contribution in [2.75, 3.05) is 27.3 Å². The number of guanidine groups is 1. The molecule has 2 aromatic rings. The van der Waals surface area contributed by atoms with Crippen molar-refractivity contribution in [3.63, 3.8) is 0 Å². The lowest BCUT2D eigenvalue weighted by Crippen LogP contribution is -2.39. The molecule has 0 radical (unpaired) electrons. The van der Waals surface area contributed by atoms with E-state index in [9.17, 15) is 0 Å². The molecule has 0 amide bonds. The molecule has 0 fully saturated rings. The van der Waals surface area contributed by atoms with Crippen LogP contribution in [0, 0.1) is 5.92 Å². The summed E-state index contributed by atoms with van der Waals surface area (Å²) >= 11 is 0. The maximum Gasteiger partial charge on any atom is 0.191 e. The molecular formula is C20H33IN6O2. The average Bonchev–Trinajstić information content (AvgIpc) is 3.18.